The minimum absolute atomic E-state index is 0.0424. The summed E-state index contributed by atoms with van der Waals surface area (Å²) in [7, 11) is 0. The van der Waals surface area contributed by atoms with Gasteiger partial charge in [-0.25, -0.2) is 0 Å². The Bertz CT molecular complexity index is 313. The lowest BCUT2D eigenvalue weighted by Crippen LogP contribution is -2.17. The summed E-state index contributed by atoms with van der Waals surface area (Å²) < 4.78 is 5.53. The number of aliphatic hydroxyl groups is 1. The summed E-state index contributed by atoms with van der Waals surface area (Å²) >= 11 is 0. The summed E-state index contributed by atoms with van der Waals surface area (Å²) in [5.74, 6) is 2.49. The van der Waals surface area contributed by atoms with E-state index in [4.69, 9.17) is 16.3 Å². The number of aliphatic hydroxyl groups excluding tert-OH is 1. The maximum Gasteiger partial charge on any atom is 0.108 e. The van der Waals surface area contributed by atoms with E-state index >= 15 is 0 Å². The van der Waals surface area contributed by atoms with E-state index in [2.05, 4.69) is 5.92 Å². The van der Waals surface area contributed by atoms with E-state index in [-0.39, 0.29) is 25.2 Å². The molecule has 0 aliphatic heterocycles. The molecule has 0 amide bonds. The molecule has 0 radical (unpaired) electrons. The molecule has 0 fully saturated rings. The summed E-state index contributed by atoms with van der Waals surface area (Å²) in [6.45, 7) is 2.29. The molecule has 15 heavy (non-hydrogen) atoms. The molecule has 2 atom stereocenters. The summed E-state index contributed by atoms with van der Waals surface area (Å²) in [4.78, 5) is 0. The highest BCUT2D eigenvalue weighted by atomic mass is 16.5. The van der Waals surface area contributed by atoms with Crippen LogP contribution in [0.15, 0.2) is 30.3 Å². The van der Waals surface area contributed by atoms with E-state index in [0.717, 1.165) is 5.56 Å². The van der Waals surface area contributed by atoms with Crippen molar-refractivity contribution in [1.29, 1.82) is 0 Å². The molecule has 0 spiro atoms. The molecule has 2 heteroatoms. The van der Waals surface area contributed by atoms with Gasteiger partial charge in [-0.1, -0.05) is 43.2 Å². The molecule has 0 heterocycles. The van der Waals surface area contributed by atoms with Crippen molar-refractivity contribution in [3.05, 3.63) is 35.9 Å². The first kappa shape index (κ1) is 11.8. The molecular formula is C13H16O2. The van der Waals surface area contributed by atoms with E-state index in [9.17, 15) is 0 Å². The molecule has 1 aromatic rings. The lowest BCUT2D eigenvalue weighted by molar-refractivity contribution is 0.0155. The highest BCUT2D eigenvalue weighted by Crippen LogP contribution is 2.25. The van der Waals surface area contributed by atoms with Gasteiger partial charge in [0.25, 0.3) is 0 Å². The van der Waals surface area contributed by atoms with E-state index in [1.54, 1.807) is 0 Å². The monoisotopic (exact) mass is 204 g/mol. The predicted octanol–water partition coefficient (Wildman–Crippen LogP) is 2.01. The van der Waals surface area contributed by atoms with Crippen LogP contribution in [0.1, 0.15) is 18.6 Å². The Balaban J connectivity index is 2.77. The van der Waals surface area contributed by atoms with Crippen LogP contribution in [0.4, 0.5) is 0 Å². The quantitative estimate of drug-likeness (QED) is 0.743. The molecule has 0 bridgehead atoms. The van der Waals surface area contributed by atoms with Crippen LogP contribution in [0.25, 0.3) is 0 Å². The standard InChI is InChI=1S/C13H16O2/c1-3-9-15-13(11(2)10-14)12-7-5-4-6-8-12/h1,4-8,11,13-14H,9-10H2,2H3/t11?,13-/m0/s1. The normalized spacial score (nSPS) is 14.2. The first-order chi connectivity index (χ1) is 7.29. The zero-order chi connectivity index (χ0) is 11.1. The topological polar surface area (TPSA) is 29.5 Å². The zero-order valence-electron chi connectivity index (χ0n) is 8.89. The van der Waals surface area contributed by atoms with Crippen molar-refractivity contribution in [3.63, 3.8) is 0 Å². The van der Waals surface area contributed by atoms with E-state index in [0.29, 0.717) is 0 Å². The molecule has 1 rings (SSSR count). The summed E-state index contributed by atoms with van der Waals surface area (Å²) in [5, 5.41) is 9.13. The lowest BCUT2D eigenvalue weighted by atomic mass is 9.98. The maximum atomic E-state index is 9.13. The fourth-order valence-corrected chi connectivity index (χ4v) is 1.47. The third-order valence-electron chi connectivity index (χ3n) is 2.28. The van der Waals surface area contributed by atoms with Gasteiger partial charge in [-0.15, -0.1) is 6.42 Å². The van der Waals surface area contributed by atoms with Crippen LogP contribution in [-0.2, 0) is 4.74 Å². The summed E-state index contributed by atoms with van der Waals surface area (Å²) in [6, 6.07) is 9.81. The van der Waals surface area contributed by atoms with Gasteiger partial charge in [0.1, 0.15) is 6.61 Å². The molecule has 1 N–H and O–H groups in total. The molecule has 0 aliphatic carbocycles. The highest BCUT2D eigenvalue weighted by Gasteiger charge is 2.18. The van der Waals surface area contributed by atoms with Crippen LogP contribution >= 0.6 is 0 Å². The van der Waals surface area contributed by atoms with Gasteiger partial charge in [0.2, 0.25) is 0 Å². The number of ether oxygens (including phenoxy) is 1. The van der Waals surface area contributed by atoms with Gasteiger partial charge in [0.15, 0.2) is 0 Å². The van der Waals surface area contributed by atoms with Gasteiger partial charge in [-0.05, 0) is 5.56 Å². The molecule has 1 aromatic carbocycles. The Hall–Kier alpha value is -1.30. The van der Waals surface area contributed by atoms with Gasteiger partial charge in [0, 0.05) is 12.5 Å². The first-order valence-electron chi connectivity index (χ1n) is 5.00. The number of hydrogen-bond donors (Lipinski definition) is 1. The predicted molar refractivity (Wildman–Crippen MR) is 60.2 cm³/mol. The summed E-state index contributed by atoms with van der Waals surface area (Å²) in [5.41, 5.74) is 1.05. The van der Waals surface area contributed by atoms with Crippen molar-refractivity contribution in [1.82, 2.24) is 0 Å². The Morgan fingerprint density at radius 2 is 2.07 bits per heavy atom. The molecule has 1 unspecified atom stereocenters. The van der Waals surface area contributed by atoms with Crippen LogP contribution in [0.2, 0.25) is 0 Å². The Labute approximate surface area is 90.9 Å². The molecular weight excluding hydrogens is 188 g/mol. The van der Waals surface area contributed by atoms with Crippen molar-refractivity contribution in [2.24, 2.45) is 5.92 Å². The number of hydrogen-bond acceptors (Lipinski definition) is 2. The fourth-order valence-electron chi connectivity index (χ4n) is 1.47. The SMILES string of the molecule is C#CCO[C@H](c1ccccc1)C(C)CO. The minimum atomic E-state index is -0.132. The van der Waals surface area contributed by atoms with E-state index < -0.39 is 0 Å². The Morgan fingerprint density at radius 3 is 2.60 bits per heavy atom. The van der Waals surface area contributed by atoms with Crippen LogP contribution in [0.3, 0.4) is 0 Å². The molecule has 0 saturated carbocycles. The molecule has 2 nitrogen and oxygen atoms in total. The van der Waals surface area contributed by atoms with Gasteiger partial charge in [-0.2, -0.15) is 0 Å². The van der Waals surface area contributed by atoms with Crippen LogP contribution in [-0.4, -0.2) is 18.3 Å². The van der Waals surface area contributed by atoms with E-state index in [1.807, 2.05) is 37.3 Å². The zero-order valence-corrected chi connectivity index (χ0v) is 8.89. The average Bonchev–Trinajstić information content (AvgIpc) is 2.30. The minimum Gasteiger partial charge on any atom is -0.396 e. The maximum absolute atomic E-state index is 9.13. The van der Waals surface area contributed by atoms with Crippen LogP contribution < -0.4 is 0 Å². The van der Waals surface area contributed by atoms with Crippen LogP contribution in [0.5, 0.6) is 0 Å². The number of rotatable bonds is 5. The van der Waals surface area contributed by atoms with Gasteiger partial charge < -0.3 is 9.84 Å². The van der Waals surface area contributed by atoms with Crippen molar-refractivity contribution in [2.75, 3.05) is 13.2 Å². The first-order valence-corrected chi connectivity index (χ1v) is 5.00. The molecule has 0 saturated heterocycles. The fraction of sp³-hybridized carbons (Fsp3) is 0.385. The second-order valence-corrected chi connectivity index (χ2v) is 3.51. The highest BCUT2D eigenvalue weighted by molar-refractivity contribution is 5.18. The van der Waals surface area contributed by atoms with Crippen molar-refractivity contribution >= 4 is 0 Å². The third-order valence-corrected chi connectivity index (χ3v) is 2.28. The van der Waals surface area contributed by atoms with Gasteiger partial charge in [0.05, 0.1) is 6.10 Å². The number of terminal acetylenes is 1. The Kier molecular flexibility index (Phi) is 4.89. The molecule has 0 aromatic heterocycles. The number of benzene rings is 1. The van der Waals surface area contributed by atoms with Crippen molar-refractivity contribution in [2.45, 2.75) is 13.0 Å². The third kappa shape index (κ3) is 3.39. The lowest BCUT2D eigenvalue weighted by Gasteiger charge is -2.22. The second kappa shape index (κ2) is 6.23. The van der Waals surface area contributed by atoms with Crippen molar-refractivity contribution in [3.8, 4) is 12.3 Å². The van der Waals surface area contributed by atoms with E-state index in [1.165, 1.54) is 0 Å². The van der Waals surface area contributed by atoms with Gasteiger partial charge >= 0.3 is 0 Å². The average molecular weight is 204 g/mol. The largest absolute Gasteiger partial charge is 0.396 e. The van der Waals surface area contributed by atoms with Crippen molar-refractivity contribution < 1.29 is 9.84 Å². The van der Waals surface area contributed by atoms with Gasteiger partial charge in [-0.3, -0.25) is 0 Å². The smallest absolute Gasteiger partial charge is 0.108 e. The van der Waals surface area contributed by atoms with Crippen LogP contribution in [0, 0.1) is 18.3 Å². The molecule has 80 valence electrons. The second-order valence-electron chi connectivity index (χ2n) is 3.51. The molecule has 0 aliphatic rings. The summed E-state index contributed by atoms with van der Waals surface area (Å²) in [6.07, 6.45) is 5.03. The Morgan fingerprint density at radius 1 is 1.40 bits per heavy atom.